The Morgan fingerprint density at radius 2 is 1.90 bits per heavy atom. The highest BCUT2D eigenvalue weighted by atomic mass is 79.9. The topological polar surface area (TPSA) is 38.7 Å². The standard InChI is InChI=1S/C16H16Br2O3/c1-10(19)14-8-12(17)3-6-16(14)21-9-11-7-13(20-2)4-5-15(11)18/h3-8,10,19H,9H2,1-2H3. The summed E-state index contributed by atoms with van der Waals surface area (Å²) in [5.41, 5.74) is 1.73. The van der Waals surface area contributed by atoms with Gasteiger partial charge in [0.1, 0.15) is 18.1 Å². The number of hydrogen-bond acceptors (Lipinski definition) is 3. The van der Waals surface area contributed by atoms with Gasteiger partial charge >= 0.3 is 0 Å². The van der Waals surface area contributed by atoms with Gasteiger partial charge in [-0.25, -0.2) is 0 Å². The van der Waals surface area contributed by atoms with E-state index < -0.39 is 6.10 Å². The van der Waals surface area contributed by atoms with Gasteiger partial charge < -0.3 is 14.6 Å². The first-order valence-corrected chi connectivity index (χ1v) is 8.02. The maximum atomic E-state index is 9.83. The molecule has 5 heteroatoms. The summed E-state index contributed by atoms with van der Waals surface area (Å²) in [7, 11) is 1.63. The minimum absolute atomic E-state index is 0.388. The van der Waals surface area contributed by atoms with Gasteiger partial charge in [0, 0.05) is 20.1 Å². The van der Waals surface area contributed by atoms with E-state index in [0.717, 1.165) is 25.8 Å². The summed E-state index contributed by atoms with van der Waals surface area (Å²) in [6.45, 7) is 2.11. The highest BCUT2D eigenvalue weighted by Gasteiger charge is 2.11. The minimum atomic E-state index is -0.591. The molecule has 0 radical (unpaired) electrons. The summed E-state index contributed by atoms with van der Waals surface area (Å²) >= 11 is 6.90. The van der Waals surface area contributed by atoms with Crippen LogP contribution in [0, 0.1) is 0 Å². The molecule has 1 N–H and O–H groups in total. The van der Waals surface area contributed by atoms with Gasteiger partial charge in [-0.2, -0.15) is 0 Å². The Kier molecular flexibility index (Phi) is 5.67. The quantitative estimate of drug-likeness (QED) is 0.758. The molecule has 0 amide bonds. The first-order valence-electron chi connectivity index (χ1n) is 6.44. The van der Waals surface area contributed by atoms with Crippen molar-refractivity contribution in [3.05, 3.63) is 56.5 Å². The van der Waals surface area contributed by atoms with Crippen LogP contribution in [0.5, 0.6) is 11.5 Å². The molecule has 0 bridgehead atoms. The molecule has 0 aliphatic rings. The smallest absolute Gasteiger partial charge is 0.125 e. The van der Waals surface area contributed by atoms with Crippen molar-refractivity contribution in [3.8, 4) is 11.5 Å². The molecule has 0 saturated carbocycles. The fraction of sp³-hybridized carbons (Fsp3) is 0.250. The van der Waals surface area contributed by atoms with Gasteiger partial charge in [0.05, 0.1) is 13.2 Å². The number of hydrogen-bond donors (Lipinski definition) is 1. The molecule has 0 aromatic heterocycles. The lowest BCUT2D eigenvalue weighted by Gasteiger charge is -2.15. The minimum Gasteiger partial charge on any atom is -0.497 e. The van der Waals surface area contributed by atoms with Gasteiger partial charge in [0.15, 0.2) is 0 Å². The molecule has 112 valence electrons. The van der Waals surface area contributed by atoms with E-state index in [1.807, 2.05) is 36.4 Å². The fourth-order valence-corrected chi connectivity index (χ4v) is 2.66. The van der Waals surface area contributed by atoms with Crippen LogP contribution in [0.3, 0.4) is 0 Å². The van der Waals surface area contributed by atoms with Gasteiger partial charge in [-0.1, -0.05) is 31.9 Å². The Balaban J connectivity index is 2.20. The van der Waals surface area contributed by atoms with Crippen molar-refractivity contribution in [1.82, 2.24) is 0 Å². The summed E-state index contributed by atoms with van der Waals surface area (Å²) in [4.78, 5) is 0. The van der Waals surface area contributed by atoms with Crippen molar-refractivity contribution < 1.29 is 14.6 Å². The molecule has 0 spiro atoms. The van der Waals surface area contributed by atoms with Crippen LogP contribution >= 0.6 is 31.9 Å². The van der Waals surface area contributed by atoms with Gasteiger partial charge in [-0.05, 0) is 43.3 Å². The summed E-state index contributed by atoms with van der Waals surface area (Å²) in [6.07, 6.45) is -0.591. The van der Waals surface area contributed by atoms with E-state index in [9.17, 15) is 5.11 Å². The predicted molar refractivity (Wildman–Crippen MR) is 89.8 cm³/mol. The molecule has 2 aromatic carbocycles. The maximum absolute atomic E-state index is 9.83. The van der Waals surface area contributed by atoms with Crippen LogP contribution in [0.2, 0.25) is 0 Å². The van der Waals surface area contributed by atoms with Crippen LogP contribution in [0.4, 0.5) is 0 Å². The highest BCUT2D eigenvalue weighted by Crippen LogP contribution is 2.30. The molecule has 0 saturated heterocycles. The van der Waals surface area contributed by atoms with E-state index >= 15 is 0 Å². The Morgan fingerprint density at radius 1 is 1.14 bits per heavy atom. The third-order valence-electron chi connectivity index (χ3n) is 3.06. The van der Waals surface area contributed by atoms with Crippen molar-refractivity contribution in [2.75, 3.05) is 7.11 Å². The molecule has 0 aliphatic heterocycles. The fourth-order valence-electron chi connectivity index (χ4n) is 1.92. The second-order valence-electron chi connectivity index (χ2n) is 4.60. The zero-order chi connectivity index (χ0) is 15.4. The van der Waals surface area contributed by atoms with Crippen LogP contribution in [-0.2, 0) is 6.61 Å². The van der Waals surface area contributed by atoms with Gasteiger partial charge in [-0.15, -0.1) is 0 Å². The Morgan fingerprint density at radius 3 is 2.57 bits per heavy atom. The molecule has 3 nitrogen and oxygen atoms in total. The molecule has 21 heavy (non-hydrogen) atoms. The van der Waals surface area contributed by atoms with E-state index in [1.165, 1.54) is 0 Å². The molecule has 1 atom stereocenters. The van der Waals surface area contributed by atoms with Crippen LogP contribution in [0.25, 0.3) is 0 Å². The van der Waals surface area contributed by atoms with Crippen molar-refractivity contribution in [3.63, 3.8) is 0 Å². The molecule has 0 heterocycles. The van der Waals surface area contributed by atoms with E-state index in [4.69, 9.17) is 9.47 Å². The lowest BCUT2D eigenvalue weighted by Crippen LogP contribution is -2.02. The van der Waals surface area contributed by atoms with Crippen molar-refractivity contribution in [1.29, 1.82) is 0 Å². The van der Waals surface area contributed by atoms with Gasteiger partial charge in [0.25, 0.3) is 0 Å². The third-order valence-corrected chi connectivity index (χ3v) is 4.32. The second-order valence-corrected chi connectivity index (χ2v) is 6.37. The van der Waals surface area contributed by atoms with E-state index in [2.05, 4.69) is 31.9 Å². The zero-order valence-electron chi connectivity index (χ0n) is 11.8. The first-order chi connectivity index (χ1) is 10.0. The molecule has 1 unspecified atom stereocenters. The average Bonchev–Trinajstić information content (AvgIpc) is 2.47. The molecule has 2 rings (SSSR count). The number of rotatable bonds is 5. The second kappa shape index (κ2) is 7.29. The monoisotopic (exact) mass is 414 g/mol. The van der Waals surface area contributed by atoms with Gasteiger partial charge in [-0.3, -0.25) is 0 Å². The zero-order valence-corrected chi connectivity index (χ0v) is 14.9. The Bertz CT molecular complexity index is 627. The number of benzene rings is 2. The number of methoxy groups -OCH3 is 1. The number of aliphatic hydroxyl groups is 1. The number of ether oxygens (including phenoxy) is 2. The molecular formula is C16H16Br2O3. The number of halogens is 2. The van der Waals surface area contributed by atoms with Gasteiger partial charge in [0.2, 0.25) is 0 Å². The summed E-state index contributed by atoms with van der Waals surface area (Å²) in [6, 6.07) is 11.3. The summed E-state index contributed by atoms with van der Waals surface area (Å²) < 4.78 is 12.9. The van der Waals surface area contributed by atoms with Crippen LogP contribution in [0.1, 0.15) is 24.2 Å². The van der Waals surface area contributed by atoms with E-state index in [0.29, 0.717) is 12.4 Å². The van der Waals surface area contributed by atoms with Crippen LogP contribution in [0.15, 0.2) is 45.3 Å². The maximum Gasteiger partial charge on any atom is 0.125 e. The molecular weight excluding hydrogens is 400 g/mol. The summed E-state index contributed by atoms with van der Waals surface area (Å²) in [5.74, 6) is 1.45. The van der Waals surface area contributed by atoms with Crippen molar-refractivity contribution in [2.24, 2.45) is 0 Å². The van der Waals surface area contributed by atoms with Crippen LogP contribution in [-0.4, -0.2) is 12.2 Å². The lowest BCUT2D eigenvalue weighted by atomic mass is 10.1. The largest absolute Gasteiger partial charge is 0.497 e. The Hall–Kier alpha value is -1.04. The van der Waals surface area contributed by atoms with Crippen LogP contribution < -0.4 is 9.47 Å². The molecule has 0 aliphatic carbocycles. The molecule has 0 fully saturated rings. The first kappa shape index (κ1) is 16.3. The normalized spacial score (nSPS) is 12.0. The number of aliphatic hydroxyl groups excluding tert-OH is 1. The van der Waals surface area contributed by atoms with E-state index in [-0.39, 0.29) is 0 Å². The van der Waals surface area contributed by atoms with E-state index in [1.54, 1.807) is 14.0 Å². The highest BCUT2D eigenvalue weighted by molar-refractivity contribution is 9.10. The van der Waals surface area contributed by atoms with Crippen molar-refractivity contribution in [2.45, 2.75) is 19.6 Å². The molecule has 2 aromatic rings. The average molecular weight is 416 g/mol. The predicted octanol–water partition coefficient (Wildman–Crippen LogP) is 4.85. The van der Waals surface area contributed by atoms with Crippen molar-refractivity contribution >= 4 is 31.9 Å². The summed E-state index contributed by atoms with van der Waals surface area (Å²) in [5, 5.41) is 9.83. The lowest BCUT2D eigenvalue weighted by molar-refractivity contribution is 0.190. The third kappa shape index (κ3) is 4.22. The Labute approximate surface area is 141 Å². The SMILES string of the molecule is COc1ccc(Br)c(COc2ccc(Br)cc2C(C)O)c1.